The Kier molecular flexibility index (Phi) is 5.82. The Hall–Kier alpha value is -3.36. The number of nitrogens with zero attached hydrogens (tertiary/aromatic N) is 2. The molecular formula is C21H21F3N4O2. The van der Waals surface area contributed by atoms with Crippen LogP contribution in [0, 0.1) is 6.92 Å². The van der Waals surface area contributed by atoms with Gasteiger partial charge in [0, 0.05) is 17.8 Å². The van der Waals surface area contributed by atoms with E-state index in [0.717, 1.165) is 23.8 Å². The number of pyridine rings is 1. The van der Waals surface area contributed by atoms with Gasteiger partial charge in [-0.25, -0.2) is 4.98 Å². The van der Waals surface area contributed by atoms with Crippen molar-refractivity contribution in [3.8, 4) is 0 Å². The lowest BCUT2D eigenvalue weighted by Gasteiger charge is -2.13. The molecule has 30 heavy (non-hydrogen) atoms. The summed E-state index contributed by atoms with van der Waals surface area (Å²) in [5.74, 6) is -1.26. The summed E-state index contributed by atoms with van der Waals surface area (Å²) in [6.07, 6.45) is -2.17. The molecule has 3 aromatic rings. The molecule has 0 aliphatic carbocycles. The predicted molar refractivity (Wildman–Crippen MR) is 107 cm³/mol. The molecule has 0 saturated carbocycles. The van der Waals surface area contributed by atoms with Crippen LogP contribution in [0.3, 0.4) is 0 Å². The van der Waals surface area contributed by atoms with E-state index >= 15 is 0 Å². The first-order valence-corrected chi connectivity index (χ1v) is 9.38. The fraction of sp³-hybridized carbons (Fsp3) is 0.286. The number of aromatic nitrogens is 2. The molecule has 2 aromatic heterocycles. The van der Waals surface area contributed by atoms with Crippen molar-refractivity contribution >= 4 is 23.3 Å². The second-order valence-corrected chi connectivity index (χ2v) is 7.06. The van der Waals surface area contributed by atoms with Crippen LogP contribution < -0.4 is 10.6 Å². The van der Waals surface area contributed by atoms with Crippen molar-refractivity contribution in [1.29, 1.82) is 0 Å². The van der Waals surface area contributed by atoms with Crippen molar-refractivity contribution in [2.75, 3.05) is 5.32 Å². The maximum Gasteiger partial charge on any atom is 0.416 e. The monoisotopic (exact) mass is 418 g/mol. The van der Waals surface area contributed by atoms with E-state index in [-0.39, 0.29) is 23.1 Å². The number of carbonyl (C=O) groups excluding carboxylic acids is 2. The topological polar surface area (TPSA) is 75.5 Å². The number of carbonyl (C=O) groups is 2. The molecule has 0 saturated heterocycles. The van der Waals surface area contributed by atoms with Crippen LogP contribution in [-0.2, 0) is 6.18 Å². The molecule has 2 N–H and O–H groups in total. The predicted octanol–water partition coefficient (Wildman–Crippen LogP) is 4.44. The number of amides is 2. The zero-order chi connectivity index (χ0) is 22.1. The average molecular weight is 418 g/mol. The number of aryl methyl sites for hydroxylation is 1. The van der Waals surface area contributed by atoms with Gasteiger partial charge in [0.2, 0.25) is 0 Å². The Labute approximate surface area is 171 Å². The van der Waals surface area contributed by atoms with Crippen LogP contribution in [0.4, 0.5) is 19.0 Å². The Bertz CT molecular complexity index is 1110. The molecule has 0 bridgehead atoms. The molecule has 0 aliphatic heterocycles. The van der Waals surface area contributed by atoms with Crippen LogP contribution in [-0.4, -0.2) is 27.2 Å². The van der Waals surface area contributed by atoms with Gasteiger partial charge in [0.05, 0.1) is 5.56 Å². The Morgan fingerprint density at radius 1 is 1.17 bits per heavy atom. The summed E-state index contributed by atoms with van der Waals surface area (Å²) in [5.41, 5.74) is 0.277. The second-order valence-electron chi connectivity index (χ2n) is 7.06. The van der Waals surface area contributed by atoms with Gasteiger partial charge in [0.15, 0.2) is 11.5 Å². The first-order valence-electron chi connectivity index (χ1n) is 9.38. The zero-order valence-electron chi connectivity index (χ0n) is 16.7. The number of alkyl halides is 3. The smallest absolute Gasteiger partial charge is 0.348 e. The summed E-state index contributed by atoms with van der Waals surface area (Å²) >= 11 is 0. The van der Waals surface area contributed by atoms with Crippen LogP contribution in [0.2, 0.25) is 0 Å². The van der Waals surface area contributed by atoms with E-state index < -0.39 is 23.6 Å². The first kappa shape index (κ1) is 21.4. The molecule has 2 heterocycles. The fourth-order valence-electron chi connectivity index (χ4n) is 2.87. The van der Waals surface area contributed by atoms with Gasteiger partial charge < -0.3 is 10.6 Å². The number of rotatable bonds is 5. The third kappa shape index (κ3) is 4.45. The van der Waals surface area contributed by atoms with Crippen molar-refractivity contribution in [3.63, 3.8) is 0 Å². The van der Waals surface area contributed by atoms with Gasteiger partial charge in [-0.3, -0.25) is 14.0 Å². The molecule has 0 aliphatic rings. The standard InChI is InChI=1S/C21H21F3N4O2/c1-4-13(3)25-20(30)17-18(26-16-9-8-12(2)11-28(16)17)27-19(29)14-6-5-7-15(10-14)21(22,23)24/h5-11,13H,4H2,1-3H3,(H,25,30)(H,27,29). The van der Waals surface area contributed by atoms with Gasteiger partial charge in [-0.1, -0.05) is 19.1 Å². The molecular weight excluding hydrogens is 397 g/mol. The van der Waals surface area contributed by atoms with Crippen molar-refractivity contribution in [1.82, 2.24) is 14.7 Å². The molecule has 9 heteroatoms. The lowest BCUT2D eigenvalue weighted by atomic mass is 10.1. The van der Waals surface area contributed by atoms with E-state index in [0.29, 0.717) is 12.1 Å². The van der Waals surface area contributed by atoms with E-state index in [9.17, 15) is 22.8 Å². The Balaban J connectivity index is 2.00. The SMILES string of the molecule is CCC(C)NC(=O)c1c(NC(=O)c2cccc(C(F)(F)F)c2)nc2ccc(C)cn12. The van der Waals surface area contributed by atoms with E-state index in [1.54, 1.807) is 22.7 Å². The molecule has 6 nitrogen and oxygen atoms in total. The molecule has 1 atom stereocenters. The number of nitrogens with one attached hydrogen (secondary N) is 2. The number of halogens is 3. The summed E-state index contributed by atoms with van der Waals surface area (Å²) in [4.78, 5) is 29.8. The van der Waals surface area contributed by atoms with Gasteiger partial charge >= 0.3 is 6.18 Å². The molecule has 0 spiro atoms. The minimum Gasteiger partial charge on any atom is -0.348 e. The average Bonchev–Trinajstić information content (AvgIpc) is 3.04. The molecule has 1 aromatic carbocycles. The zero-order valence-corrected chi connectivity index (χ0v) is 16.7. The van der Waals surface area contributed by atoms with Crippen molar-refractivity contribution < 1.29 is 22.8 Å². The number of hydrogen-bond donors (Lipinski definition) is 2. The number of imidazole rings is 1. The lowest BCUT2D eigenvalue weighted by molar-refractivity contribution is -0.137. The fourth-order valence-corrected chi connectivity index (χ4v) is 2.87. The third-order valence-electron chi connectivity index (χ3n) is 4.66. The summed E-state index contributed by atoms with van der Waals surface area (Å²) < 4.78 is 40.4. The highest BCUT2D eigenvalue weighted by molar-refractivity contribution is 6.08. The first-order chi connectivity index (χ1) is 14.1. The Morgan fingerprint density at radius 2 is 1.90 bits per heavy atom. The summed E-state index contributed by atoms with van der Waals surface area (Å²) in [6.45, 7) is 5.60. The van der Waals surface area contributed by atoms with Gasteiger partial charge in [-0.15, -0.1) is 0 Å². The summed E-state index contributed by atoms with van der Waals surface area (Å²) in [5, 5.41) is 5.31. The van der Waals surface area contributed by atoms with E-state index in [2.05, 4.69) is 15.6 Å². The number of anilines is 1. The van der Waals surface area contributed by atoms with Gasteiger partial charge in [0.1, 0.15) is 5.65 Å². The summed E-state index contributed by atoms with van der Waals surface area (Å²) in [6, 6.07) is 7.45. The van der Waals surface area contributed by atoms with Crippen LogP contribution in [0.15, 0.2) is 42.6 Å². The molecule has 0 fully saturated rings. The molecule has 158 valence electrons. The largest absolute Gasteiger partial charge is 0.416 e. The van der Waals surface area contributed by atoms with E-state index in [1.165, 1.54) is 6.07 Å². The minimum absolute atomic E-state index is 0.0242. The van der Waals surface area contributed by atoms with Crippen LogP contribution in [0.25, 0.3) is 5.65 Å². The van der Waals surface area contributed by atoms with Crippen molar-refractivity contribution in [2.24, 2.45) is 0 Å². The highest BCUT2D eigenvalue weighted by atomic mass is 19.4. The van der Waals surface area contributed by atoms with Gasteiger partial charge in [-0.2, -0.15) is 13.2 Å². The molecule has 0 radical (unpaired) electrons. The second kappa shape index (κ2) is 8.17. The van der Waals surface area contributed by atoms with Crippen molar-refractivity contribution in [3.05, 3.63) is 65.0 Å². The van der Waals surface area contributed by atoms with Crippen LogP contribution >= 0.6 is 0 Å². The van der Waals surface area contributed by atoms with E-state index in [1.807, 2.05) is 20.8 Å². The van der Waals surface area contributed by atoms with Crippen LogP contribution in [0.1, 0.15) is 52.2 Å². The minimum atomic E-state index is -4.57. The van der Waals surface area contributed by atoms with Crippen molar-refractivity contribution in [2.45, 2.75) is 39.4 Å². The number of fused-ring (bicyclic) bond motifs is 1. The number of benzene rings is 1. The maximum atomic E-state index is 13.0. The normalized spacial score (nSPS) is 12.6. The highest BCUT2D eigenvalue weighted by Gasteiger charge is 2.31. The van der Waals surface area contributed by atoms with Crippen LogP contribution in [0.5, 0.6) is 0 Å². The van der Waals surface area contributed by atoms with Gasteiger partial charge in [0.25, 0.3) is 11.8 Å². The van der Waals surface area contributed by atoms with E-state index in [4.69, 9.17) is 0 Å². The quantitative estimate of drug-likeness (QED) is 0.643. The summed E-state index contributed by atoms with van der Waals surface area (Å²) in [7, 11) is 0. The molecule has 3 rings (SSSR count). The maximum absolute atomic E-state index is 13.0. The molecule has 1 unspecified atom stereocenters. The number of hydrogen-bond acceptors (Lipinski definition) is 3. The highest BCUT2D eigenvalue weighted by Crippen LogP contribution is 2.30. The third-order valence-corrected chi connectivity index (χ3v) is 4.66. The Morgan fingerprint density at radius 3 is 2.57 bits per heavy atom. The van der Waals surface area contributed by atoms with Gasteiger partial charge in [-0.05, 0) is 50.1 Å². The lowest BCUT2D eigenvalue weighted by Crippen LogP contribution is -2.33. The molecule has 2 amide bonds.